The molecule has 0 fully saturated rings. The highest BCUT2D eigenvalue weighted by molar-refractivity contribution is 8.01. The van der Waals surface area contributed by atoms with Gasteiger partial charge >= 0.3 is 0 Å². The summed E-state index contributed by atoms with van der Waals surface area (Å²) in [6.07, 6.45) is 0. The third kappa shape index (κ3) is 5.68. The van der Waals surface area contributed by atoms with Crippen molar-refractivity contribution in [3.8, 4) is 0 Å². The number of thioether (sulfide) groups is 1. The van der Waals surface area contributed by atoms with Crippen LogP contribution in [0.3, 0.4) is 0 Å². The number of anilines is 1. The first-order valence-corrected chi connectivity index (χ1v) is 12.1. The number of aromatic nitrogens is 1. The van der Waals surface area contributed by atoms with Crippen molar-refractivity contribution in [3.63, 3.8) is 0 Å². The molecule has 0 bridgehead atoms. The minimum Gasteiger partial charge on any atom is -0.349 e. The molecule has 0 saturated carbocycles. The van der Waals surface area contributed by atoms with Gasteiger partial charge in [-0.25, -0.2) is 4.98 Å². The molecule has 3 aromatic carbocycles. The molecule has 1 aromatic heterocycles. The summed E-state index contributed by atoms with van der Waals surface area (Å²) in [6, 6.07) is 22.1. The SMILES string of the molecule is C[C@@H](NC(=O)CSc1nc2ccc(NC(=O)c3ccc(Cl)cc3)cc2s1)c1ccccc1. The van der Waals surface area contributed by atoms with E-state index in [0.29, 0.717) is 16.3 Å². The number of carbonyl (C=O) groups excluding carboxylic acids is 2. The van der Waals surface area contributed by atoms with Crippen LogP contribution < -0.4 is 10.6 Å². The molecule has 0 unspecified atom stereocenters. The van der Waals surface area contributed by atoms with E-state index < -0.39 is 0 Å². The van der Waals surface area contributed by atoms with E-state index in [1.807, 2.05) is 55.5 Å². The minimum atomic E-state index is -0.204. The molecular formula is C24H20ClN3O2S2. The summed E-state index contributed by atoms with van der Waals surface area (Å²) in [7, 11) is 0. The molecule has 0 spiro atoms. The first kappa shape index (κ1) is 22.3. The van der Waals surface area contributed by atoms with Crippen LogP contribution in [0.5, 0.6) is 0 Å². The smallest absolute Gasteiger partial charge is 0.255 e. The monoisotopic (exact) mass is 481 g/mol. The number of nitrogens with one attached hydrogen (secondary N) is 2. The molecule has 0 aliphatic heterocycles. The lowest BCUT2D eigenvalue weighted by molar-refractivity contribution is -0.119. The summed E-state index contributed by atoms with van der Waals surface area (Å²) < 4.78 is 1.75. The lowest BCUT2D eigenvalue weighted by Crippen LogP contribution is -2.28. The Morgan fingerprint density at radius 3 is 2.56 bits per heavy atom. The normalized spacial score (nSPS) is 11.8. The highest BCUT2D eigenvalue weighted by Gasteiger charge is 2.12. The van der Waals surface area contributed by atoms with Gasteiger partial charge in [-0.1, -0.05) is 53.7 Å². The number of rotatable bonds is 7. The van der Waals surface area contributed by atoms with Gasteiger partial charge in [0.15, 0.2) is 4.34 Å². The van der Waals surface area contributed by atoms with E-state index in [4.69, 9.17) is 11.6 Å². The molecule has 8 heteroatoms. The van der Waals surface area contributed by atoms with Crippen LogP contribution in [0.15, 0.2) is 77.1 Å². The first-order valence-electron chi connectivity index (χ1n) is 9.92. The number of hydrogen-bond donors (Lipinski definition) is 2. The lowest BCUT2D eigenvalue weighted by Gasteiger charge is -2.13. The van der Waals surface area contributed by atoms with E-state index in [9.17, 15) is 9.59 Å². The summed E-state index contributed by atoms with van der Waals surface area (Å²) in [5.74, 6) is 0.0443. The fourth-order valence-corrected chi connectivity index (χ4v) is 5.13. The predicted molar refractivity (Wildman–Crippen MR) is 133 cm³/mol. The summed E-state index contributed by atoms with van der Waals surface area (Å²) in [6.45, 7) is 1.97. The molecular weight excluding hydrogens is 462 g/mol. The molecule has 0 aliphatic rings. The predicted octanol–water partition coefficient (Wildman–Crippen LogP) is 6.17. The van der Waals surface area contributed by atoms with Crippen LogP contribution in [0.25, 0.3) is 10.2 Å². The molecule has 32 heavy (non-hydrogen) atoms. The summed E-state index contributed by atoms with van der Waals surface area (Å²) in [5, 5.41) is 6.49. The second-order valence-corrected chi connectivity index (χ2v) is 9.80. The number of benzene rings is 3. The Bertz CT molecular complexity index is 1240. The Labute approximate surface area is 199 Å². The maximum Gasteiger partial charge on any atom is 0.255 e. The number of carbonyl (C=O) groups is 2. The van der Waals surface area contributed by atoms with Gasteiger partial charge in [0.2, 0.25) is 5.91 Å². The topological polar surface area (TPSA) is 71.1 Å². The molecule has 2 N–H and O–H groups in total. The van der Waals surface area contributed by atoms with Crippen molar-refractivity contribution in [1.82, 2.24) is 10.3 Å². The second kappa shape index (κ2) is 10.2. The summed E-state index contributed by atoms with van der Waals surface area (Å²) in [4.78, 5) is 29.3. The zero-order valence-electron chi connectivity index (χ0n) is 17.2. The number of nitrogens with zero attached hydrogens (tertiary/aromatic N) is 1. The molecule has 4 aromatic rings. The second-order valence-electron chi connectivity index (χ2n) is 7.11. The summed E-state index contributed by atoms with van der Waals surface area (Å²) in [5.41, 5.74) is 3.12. The van der Waals surface area contributed by atoms with Crippen LogP contribution in [0.2, 0.25) is 5.02 Å². The average Bonchev–Trinajstić information content (AvgIpc) is 3.21. The van der Waals surface area contributed by atoms with E-state index in [1.54, 1.807) is 24.3 Å². The third-order valence-corrected chi connectivity index (χ3v) is 7.15. The fourth-order valence-electron chi connectivity index (χ4n) is 3.08. The van der Waals surface area contributed by atoms with Crippen LogP contribution in [0.4, 0.5) is 5.69 Å². The molecule has 4 rings (SSSR count). The van der Waals surface area contributed by atoms with E-state index in [1.165, 1.54) is 23.1 Å². The van der Waals surface area contributed by atoms with Crippen LogP contribution in [0, 0.1) is 0 Å². The van der Waals surface area contributed by atoms with Crippen molar-refractivity contribution in [3.05, 3.63) is 88.9 Å². The molecule has 1 heterocycles. The van der Waals surface area contributed by atoms with Gasteiger partial charge < -0.3 is 10.6 Å². The van der Waals surface area contributed by atoms with E-state index in [0.717, 1.165) is 20.1 Å². The van der Waals surface area contributed by atoms with Crippen LogP contribution >= 0.6 is 34.7 Å². The van der Waals surface area contributed by atoms with Crippen LogP contribution in [-0.2, 0) is 4.79 Å². The van der Waals surface area contributed by atoms with Crippen molar-refractivity contribution in [1.29, 1.82) is 0 Å². The van der Waals surface area contributed by atoms with Gasteiger partial charge in [-0.15, -0.1) is 11.3 Å². The summed E-state index contributed by atoms with van der Waals surface area (Å²) >= 11 is 8.78. The van der Waals surface area contributed by atoms with Crippen LogP contribution in [-0.4, -0.2) is 22.6 Å². The third-order valence-electron chi connectivity index (χ3n) is 4.74. The molecule has 5 nitrogen and oxygen atoms in total. The van der Waals surface area contributed by atoms with Gasteiger partial charge in [-0.05, 0) is 55.0 Å². The van der Waals surface area contributed by atoms with Crippen molar-refractivity contribution in [2.45, 2.75) is 17.3 Å². The number of hydrogen-bond acceptors (Lipinski definition) is 5. The Morgan fingerprint density at radius 2 is 1.81 bits per heavy atom. The number of amides is 2. The number of fused-ring (bicyclic) bond motifs is 1. The highest BCUT2D eigenvalue weighted by atomic mass is 35.5. The molecule has 162 valence electrons. The van der Waals surface area contributed by atoms with Gasteiger partial charge in [0, 0.05) is 16.3 Å². The fraction of sp³-hybridized carbons (Fsp3) is 0.125. The van der Waals surface area contributed by atoms with E-state index >= 15 is 0 Å². The average molecular weight is 482 g/mol. The Kier molecular flexibility index (Phi) is 7.09. The van der Waals surface area contributed by atoms with Gasteiger partial charge in [-0.2, -0.15) is 0 Å². The Balaban J connectivity index is 1.36. The van der Waals surface area contributed by atoms with Crippen LogP contribution in [0.1, 0.15) is 28.9 Å². The Hall–Kier alpha value is -2.87. The maximum absolute atomic E-state index is 12.4. The molecule has 0 saturated heterocycles. The maximum atomic E-state index is 12.4. The zero-order valence-corrected chi connectivity index (χ0v) is 19.6. The lowest BCUT2D eigenvalue weighted by atomic mass is 10.1. The van der Waals surface area contributed by atoms with E-state index in [2.05, 4.69) is 15.6 Å². The number of halogens is 1. The van der Waals surface area contributed by atoms with Gasteiger partial charge in [-0.3, -0.25) is 9.59 Å². The standard InChI is InChI=1S/C24H20ClN3O2S2/c1-15(16-5-3-2-4-6-16)26-22(29)14-31-24-28-20-12-11-19(13-21(20)32-24)27-23(30)17-7-9-18(25)10-8-17/h2-13,15H,14H2,1H3,(H,26,29)(H,27,30)/t15-/m1/s1. The molecule has 1 atom stereocenters. The van der Waals surface area contributed by atoms with Gasteiger partial charge in [0.05, 0.1) is 22.0 Å². The molecule has 2 amide bonds. The van der Waals surface area contributed by atoms with Crippen molar-refractivity contribution in [2.75, 3.05) is 11.1 Å². The Morgan fingerprint density at radius 1 is 1.06 bits per heavy atom. The molecule has 0 aliphatic carbocycles. The quantitative estimate of drug-likeness (QED) is 0.309. The van der Waals surface area contributed by atoms with Gasteiger partial charge in [0.1, 0.15) is 0 Å². The van der Waals surface area contributed by atoms with Crippen molar-refractivity contribution < 1.29 is 9.59 Å². The number of thiazole rings is 1. The molecule has 0 radical (unpaired) electrons. The minimum absolute atomic E-state index is 0.0403. The van der Waals surface area contributed by atoms with Crippen molar-refractivity contribution in [2.24, 2.45) is 0 Å². The highest BCUT2D eigenvalue weighted by Crippen LogP contribution is 2.31. The van der Waals surface area contributed by atoms with E-state index in [-0.39, 0.29) is 23.6 Å². The zero-order chi connectivity index (χ0) is 22.5. The largest absolute Gasteiger partial charge is 0.349 e. The van der Waals surface area contributed by atoms with Gasteiger partial charge in [0.25, 0.3) is 5.91 Å². The van der Waals surface area contributed by atoms with Crippen molar-refractivity contribution >= 4 is 62.4 Å². The first-order chi connectivity index (χ1) is 15.5.